The molecule has 0 radical (unpaired) electrons. The number of carbonyl (C=O) groups is 1. The molecule has 120 valence electrons. The molecule has 0 aliphatic heterocycles. The number of anilines is 1. The third-order valence-electron chi connectivity index (χ3n) is 4.10. The molecule has 3 heterocycles. The van der Waals surface area contributed by atoms with Gasteiger partial charge in [0.1, 0.15) is 12.0 Å². The van der Waals surface area contributed by atoms with Crippen molar-refractivity contribution in [3.05, 3.63) is 48.0 Å². The molecule has 0 spiro atoms. The van der Waals surface area contributed by atoms with E-state index >= 15 is 0 Å². The Morgan fingerprint density at radius 2 is 2.00 bits per heavy atom. The minimum Gasteiger partial charge on any atom is -0.397 e. The van der Waals surface area contributed by atoms with E-state index in [0.717, 1.165) is 24.0 Å². The van der Waals surface area contributed by atoms with Crippen molar-refractivity contribution in [3.8, 4) is 22.6 Å². The Balaban J connectivity index is 1.84. The van der Waals surface area contributed by atoms with Crippen LogP contribution in [-0.4, -0.2) is 21.0 Å². The number of aromatic nitrogens is 3. The van der Waals surface area contributed by atoms with Crippen LogP contribution in [0.4, 0.5) is 5.69 Å². The third kappa shape index (κ3) is 2.50. The lowest BCUT2D eigenvalue weighted by molar-refractivity contribution is 0.0996. The molecule has 1 aliphatic carbocycles. The highest BCUT2D eigenvalue weighted by Crippen LogP contribution is 2.44. The first-order chi connectivity index (χ1) is 11.6. The maximum Gasteiger partial charge on any atom is 0.269 e. The Morgan fingerprint density at radius 1 is 1.17 bits per heavy atom. The zero-order chi connectivity index (χ0) is 16.7. The predicted octanol–water partition coefficient (Wildman–Crippen LogP) is 2.36. The molecule has 3 aromatic rings. The highest BCUT2D eigenvalue weighted by atomic mass is 16.5. The second-order valence-electron chi connectivity index (χ2n) is 5.81. The van der Waals surface area contributed by atoms with E-state index in [4.69, 9.17) is 16.0 Å². The van der Waals surface area contributed by atoms with Gasteiger partial charge >= 0.3 is 0 Å². The van der Waals surface area contributed by atoms with Gasteiger partial charge in [0, 0.05) is 17.8 Å². The number of pyridine rings is 2. The van der Waals surface area contributed by atoms with E-state index in [1.54, 1.807) is 12.3 Å². The molecule has 1 fully saturated rings. The largest absolute Gasteiger partial charge is 0.397 e. The van der Waals surface area contributed by atoms with E-state index in [9.17, 15) is 4.79 Å². The molecular formula is C17H15N5O2. The average Bonchev–Trinajstić information content (AvgIpc) is 3.28. The summed E-state index contributed by atoms with van der Waals surface area (Å²) >= 11 is 0. The highest BCUT2D eigenvalue weighted by Gasteiger charge is 2.29. The zero-order valence-electron chi connectivity index (χ0n) is 12.8. The SMILES string of the molecule is NC(=O)c1nc(-c2cc(-c3ccon3)ccn2)cc(C2CC2)c1N. The van der Waals surface area contributed by atoms with E-state index < -0.39 is 5.91 Å². The van der Waals surface area contributed by atoms with E-state index in [1.165, 1.54) is 6.26 Å². The van der Waals surface area contributed by atoms with Gasteiger partial charge in [0.25, 0.3) is 5.91 Å². The Hall–Kier alpha value is -3.22. The molecule has 7 nitrogen and oxygen atoms in total. The Kier molecular flexibility index (Phi) is 3.26. The van der Waals surface area contributed by atoms with Gasteiger partial charge in [0.2, 0.25) is 0 Å². The standard InChI is InChI=1S/C17H15N5O2/c18-15-11(9-1-2-9)8-14(21-16(15)17(19)23)13-7-10(3-5-20-13)12-4-6-24-22-12/h3-9H,1-2,18H2,(H2,19,23). The number of hydrogen-bond acceptors (Lipinski definition) is 6. The lowest BCUT2D eigenvalue weighted by atomic mass is 10.0. The van der Waals surface area contributed by atoms with Crippen molar-refractivity contribution < 1.29 is 9.32 Å². The van der Waals surface area contributed by atoms with Crippen molar-refractivity contribution in [1.29, 1.82) is 0 Å². The molecule has 7 heteroatoms. The summed E-state index contributed by atoms with van der Waals surface area (Å²) in [5.74, 6) is -0.271. The summed E-state index contributed by atoms with van der Waals surface area (Å²) < 4.78 is 4.88. The molecule has 0 unspecified atom stereocenters. The summed E-state index contributed by atoms with van der Waals surface area (Å²) in [5.41, 5.74) is 15.7. The topological polar surface area (TPSA) is 121 Å². The number of nitrogen functional groups attached to an aromatic ring is 1. The number of nitrogens with zero attached hydrogens (tertiary/aromatic N) is 3. The van der Waals surface area contributed by atoms with Crippen LogP contribution in [0.15, 0.2) is 41.2 Å². The van der Waals surface area contributed by atoms with Gasteiger partial charge in [-0.3, -0.25) is 9.78 Å². The van der Waals surface area contributed by atoms with E-state index in [0.29, 0.717) is 28.7 Å². The predicted molar refractivity (Wildman–Crippen MR) is 87.9 cm³/mol. The van der Waals surface area contributed by atoms with Crippen molar-refractivity contribution in [1.82, 2.24) is 15.1 Å². The summed E-state index contributed by atoms with van der Waals surface area (Å²) in [6, 6.07) is 7.33. The summed E-state index contributed by atoms with van der Waals surface area (Å²) in [4.78, 5) is 20.4. The second-order valence-corrected chi connectivity index (χ2v) is 5.81. The van der Waals surface area contributed by atoms with Crippen LogP contribution in [-0.2, 0) is 0 Å². The van der Waals surface area contributed by atoms with Gasteiger partial charge in [-0.25, -0.2) is 4.98 Å². The Bertz CT molecular complexity index is 917. The van der Waals surface area contributed by atoms with Crippen LogP contribution in [0.25, 0.3) is 22.6 Å². The monoisotopic (exact) mass is 321 g/mol. The number of nitrogens with two attached hydrogens (primary N) is 2. The second kappa shape index (κ2) is 5.45. The summed E-state index contributed by atoms with van der Waals surface area (Å²) in [7, 11) is 0. The van der Waals surface area contributed by atoms with Crippen molar-refractivity contribution >= 4 is 11.6 Å². The highest BCUT2D eigenvalue weighted by molar-refractivity contribution is 5.97. The van der Waals surface area contributed by atoms with E-state index in [1.807, 2.05) is 18.2 Å². The minimum atomic E-state index is -0.635. The smallest absolute Gasteiger partial charge is 0.269 e. The molecule has 4 N–H and O–H groups in total. The maximum absolute atomic E-state index is 11.7. The van der Waals surface area contributed by atoms with Crippen molar-refractivity contribution in [3.63, 3.8) is 0 Å². The fraction of sp³-hybridized carbons (Fsp3) is 0.176. The average molecular weight is 321 g/mol. The van der Waals surface area contributed by atoms with Gasteiger partial charge in [0.15, 0.2) is 5.69 Å². The summed E-state index contributed by atoms with van der Waals surface area (Å²) in [6.45, 7) is 0. The first-order valence-corrected chi connectivity index (χ1v) is 7.61. The van der Waals surface area contributed by atoms with Gasteiger partial charge in [-0.1, -0.05) is 5.16 Å². The van der Waals surface area contributed by atoms with Crippen LogP contribution in [0.1, 0.15) is 34.8 Å². The molecule has 3 aromatic heterocycles. The molecule has 0 bridgehead atoms. The number of amides is 1. The van der Waals surface area contributed by atoms with E-state index in [-0.39, 0.29) is 5.69 Å². The lowest BCUT2D eigenvalue weighted by Crippen LogP contribution is -2.17. The maximum atomic E-state index is 11.7. The zero-order valence-corrected chi connectivity index (χ0v) is 12.8. The molecule has 1 aliphatic rings. The first-order valence-electron chi connectivity index (χ1n) is 7.61. The molecule has 1 amide bonds. The summed E-state index contributed by atoms with van der Waals surface area (Å²) in [6.07, 6.45) is 5.28. The number of carbonyl (C=O) groups excluding carboxylic acids is 1. The Morgan fingerprint density at radius 3 is 2.67 bits per heavy atom. The van der Waals surface area contributed by atoms with Crippen LogP contribution in [0.3, 0.4) is 0 Å². The van der Waals surface area contributed by atoms with Crippen molar-refractivity contribution in [2.24, 2.45) is 5.73 Å². The van der Waals surface area contributed by atoms with Crippen LogP contribution in [0.2, 0.25) is 0 Å². The van der Waals surface area contributed by atoms with Gasteiger partial charge in [-0.2, -0.15) is 0 Å². The van der Waals surface area contributed by atoms with Crippen LogP contribution >= 0.6 is 0 Å². The molecule has 24 heavy (non-hydrogen) atoms. The van der Waals surface area contributed by atoms with E-state index in [2.05, 4.69) is 15.1 Å². The van der Waals surface area contributed by atoms with Crippen LogP contribution in [0.5, 0.6) is 0 Å². The molecule has 0 saturated heterocycles. The fourth-order valence-electron chi connectivity index (χ4n) is 2.72. The normalized spacial score (nSPS) is 13.8. The third-order valence-corrected chi connectivity index (χ3v) is 4.10. The van der Waals surface area contributed by atoms with Gasteiger partial charge in [-0.05, 0) is 42.5 Å². The van der Waals surface area contributed by atoms with Gasteiger partial charge < -0.3 is 16.0 Å². The van der Waals surface area contributed by atoms with Gasteiger partial charge in [-0.15, -0.1) is 0 Å². The fourth-order valence-corrected chi connectivity index (χ4v) is 2.72. The van der Waals surface area contributed by atoms with Crippen LogP contribution in [0, 0.1) is 0 Å². The molecule has 4 rings (SSSR count). The number of primary amides is 1. The minimum absolute atomic E-state index is 0.100. The lowest BCUT2D eigenvalue weighted by Gasteiger charge is -2.11. The number of rotatable bonds is 4. The molecule has 0 atom stereocenters. The van der Waals surface area contributed by atoms with Crippen molar-refractivity contribution in [2.75, 3.05) is 5.73 Å². The van der Waals surface area contributed by atoms with Crippen molar-refractivity contribution in [2.45, 2.75) is 18.8 Å². The Labute approximate surface area is 137 Å². The first kappa shape index (κ1) is 14.4. The molecule has 0 aromatic carbocycles. The molecular weight excluding hydrogens is 306 g/mol. The number of hydrogen-bond donors (Lipinski definition) is 2. The van der Waals surface area contributed by atoms with Gasteiger partial charge in [0.05, 0.1) is 17.1 Å². The molecule has 1 saturated carbocycles. The quantitative estimate of drug-likeness (QED) is 0.761. The summed E-state index contributed by atoms with van der Waals surface area (Å²) in [5, 5.41) is 3.92. The van der Waals surface area contributed by atoms with Crippen LogP contribution < -0.4 is 11.5 Å².